The third-order valence-electron chi connectivity index (χ3n) is 4.74. The van der Waals surface area contributed by atoms with Gasteiger partial charge in [-0.3, -0.25) is 9.59 Å². The highest BCUT2D eigenvalue weighted by molar-refractivity contribution is 6.08. The van der Waals surface area contributed by atoms with E-state index in [9.17, 15) is 9.59 Å². The quantitative estimate of drug-likeness (QED) is 0.857. The fourth-order valence-corrected chi connectivity index (χ4v) is 3.33. The van der Waals surface area contributed by atoms with Crippen LogP contribution in [0.4, 0.5) is 0 Å². The average molecular weight is 348 g/mol. The fraction of sp³-hybridized carbons (Fsp3) is 0.273. The molecule has 0 radical (unpaired) electrons. The van der Waals surface area contributed by atoms with Crippen LogP contribution < -0.4 is 5.32 Å². The van der Waals surface area contributed by atoms with Gasteiger partial charge in [0.15, 0.2) is 0 Å². The summed E-state index contributed by atoms with van der Waals surface area (Å²) in [6.45, 7) is 8.51. The molecule has 1 aliphatic rings. The zero-order valence-electron chi connectivity index (χ0n) is 15.2. The Balaban J connectivity index is 1.63. The van der Waals surface area contributed by atoms with E-state index in [2.05, 4.69) is 25.7 Å². The summed E-state index contributed by atoms with van der Waals surface area (Å²) < 4.78 is 0. The van der Waals surface area contributed by atoms with Crippen LogP contribution in [0.3, 0.4) is 0 Å². The van der Waals surface area contributed by atoms with Gasteiger partial charge in [-0.1, -0.05) is 69.0 Å². The molecular formula is C22H24N2O2. The Morgan fingerprint density at radius 2 is 1.65 bits per heavy atom. The molecule has 0 fully saturated rings. The molecule has 3 rings (SSSR count). The molecule has 26 heavy (non-hydrogen) atoms. The monoisotopic (exact) mass is 348 g/mol. The Labute approximate surface area is 154 Å². The lowest BCUT2D eigenvalue weighted by atomic mass is 9.96. The van der Waals surface area contributed by atoms with Crippen molar-refractivity contribution in [2.45, 2.75) is 26.3 Å². The highest BCUT2D eigenvalue weighted by atomic mass is 16.2. The molecule has 2 aromatic carbocycles. The third kappa shape index (κ3) is 3.54. The van der Waals surface area contributed by atoms with E-state index in [4.69, 9.17) is 0 Å². The van der Waals surface area contributed by atoms with E-state index in [0.29, 0.717) is 17.8 Å². The van der Waals surface area contributed by atoms with Gasteiger partial charge in [-0.2, -0.15) is 0 Å². The number of carbonyl (C=O) groups excluding carboxylic acids is 2. The minimum Gasteiger partial charge on any atom is -0.349 e. The first-order valence-electron chi connectivity index (χ1n) is 8.93. The number of hydrogen-bond donors (Lipinski definition) is 1. The summed E-state index contributed by atoms with van der Waals surface area (Å²) in [6.07, 6.45) is 0.245. The molecule has 1 aliphatic heterocycles. The Kier molecular flexibility index (Phi) is 5.21. The Bertz CT molecular complexity index is 792. The van der Waals surface area contributed by atoms with Crippen LogP contribution in [0.1, 0.15) is 47.8 Å². The van der Waals surface area contributed by atoms with Gasteiger partial charge < -0.3 is 10.2 Å². The minimum atomic E-state index is -0.0816. The van der Waals surface area contributed by atoms with Gasteiger partial charge in [-0.05, 0) is 17.5 Å². The average Bonchev–Trinajstić information content (AvgIpc) is 2.89. The lowest BCUT2D eigenvalue weighted by molar-refractivity contribution is -0.122. The lowest BCUT2D eigenvalue weighted by Crippen LogP contribution is -2.34. The molecule has 4 heteroatoms. The first-order valence-corrected chi connectivity index (χ1v) is 8.93. The molecule has 0 saturated carbocycles. The largest absolute Gasteiger partial charge is 0.349 e. The first kappa shape index (κ1) is 17.9. The normalized spacial score (nSPS) is 14.5. The Hall–Kier alpha value is -2.88. The molecule has 1 heterocycles. The predicted molar refractivity (Wildman–Crippen MR) is 103 cm³/mol. The molecule has 1 unspecified atom stereocenters. The first-order chi connectivity index (χ1) is 12.5. The van der Waals surface area contributed by atoms with Crippen LogP contribution in [0, 0.1) is 5.92 Å². The number of rotatable bonds is 6. The van der Waals surface area contributed by atoms with Crippen LogP contribution in [0.25, 0.3) is 5.70 Å². The summed E-state index contributed by atoms with van der Waals surface area (Å²) in [6, 6.07) is 17.3. The van der Waals surface area contributed by atoms with E-state index in [1.54, 1.807) is 11.0 Å². The minimum absolute atomic E-state index is 0.0432. The van der Waals surface area contributed by atoms with Crippen LogP contribution in [-0.4, -0.2) is 23.3 Å². The van der Waals surface area contributed by atoms with Crippen molar-refractivity contribution in [1.29, 1.82) is 0 Å². The topological polar surface area (TPSA) is 49.4 Å². The number of fused-ring (bicyclic) bond motifs is 1. The van der Waals surface area contributed by atoms with E-state index >= 15 is 0 Å². The maximum atomic E-state index is 12.5. The smallest absolute Gasteiger partial charge is 0.258 e. The SMILES string of the molecule is C=C1c2ccccc2C(=O)N1CCC(=O)NC(c1ccccc1)C(C)C. The van der Waals surface area contributed by atoms with E-state index in [0.717, 1.165) is 11.1 Å². The van der Waals surface area contributed by atoms with Crippen LogP contribution in [0.2, 0.25) is 0 Å². The summed E-state index contributed by atoms with van der Waals surface area (Å²) in [5.41, 5.74) is 3.26. The van der Waals surface area contributed by atoms with Crippen molar-refractivity contribution in [3.63, 3.8) is 0 Å². The summed E-state index contributed by atoms with van der Waals surface area (Å²) in [4.78, 5) is 26.6. The van der Waals surface area contributed by atoms with Crippen molar-refractivity contribution in [2.75, 3.05) is 6.54 Å². The van der Waals surface area contributed by atoms with Gasteiger partial charge >= 0.3 is 0 Å². The molecule has 0 aliphatic carbocycles. The molecule has 2 aromatic rings. The highest BCUT2D eigenvalue weighted by Gasteiger charge is 2.30. The Morgan fingerprint density at radius 1 is 1.04 bits per heavy atom. The van der Waals surface area contributed by atoms with Crippen molar-refractivity contribution in [3.8, 4) is 0 Å². The fourth-order valence-electron chi connectivity index (χ4n) is 3.33. The number of benzene rings is 2. The second kappa shape index (κ2) is 7.56. The van der Waals surface area contributed by atoms with E-state index in [1.807, 2.05) is 48.5 Å². The molecule has 1 N–H and O–H groups in total. The molecule has 0 bridgehead atoms. The highest BCUT2D eigenvalue weighted by Crippen LogP contribution is 2.31. The molecule has 0 saturated heterocycles. The van der Waals surface area contributed by atoms with E-state index in [1.165, 1.54) is 0 Å². The van der Waals surface area contributed by atoms with Crippen molar-refractivity contribution >= 4 is 17.5 Å². The standard InChI is InChI=1S/C22H24N2O2/c1-15(2)21(17-9-5-4-6-10-17)23-20(25)13-14-24-16(3)18-11-7-8-12-19(18)22(24)26/h4-12,15,21H,3,13-14H2,1-2H3,(H,23,25). The van der Waals surface area contributed by atoms with Gasteiger partial charge in [0, 0.05) is 29.8 Å². The summed E-state index contributed by atoms with van der Waals surface area (Å²) in [5, 5.41) is 3.10. The number of hydrogen-bond acceptors (Lipinski definition) is 2. The summed E-state index contributed by atoms with van der Waals surface area (Å²) in [5.74, 6) is 0.125. The third-order valence-corrected chi connectivity index (χ3v) is 4.74. The van der Waals surface area contributed by atoms with Crippen LogP contribution in [0.5, 0.6) is 0 Å². The second-order valence-corrected chi connectivity index (χ2v) is 6.90. The molecule has 0 spiro atoms. The molecule has 0 aromatic heterocycles. The van der Waals surface area contributed by atoms with Gasteiger partial charge in [0.05, 0.1) is 6.04 Å². The molecule has 134 valence electrons. The molecule has 2 amide bonds. The van der Waals surface area contributed by atoms with Gasteiger partial charge in [0.25, 0.3) is 5.91 Å². The lowest BCUT2D eigenvalue weighted by Gasteiger charge is -2.24. The van der Waals surface area contributed by atoms with Crippen LogP contribution >= 0.6 is 0 Å². The number of amides is 2. The predicted octanol–water partition coefficient (Wildman–Crippen LogP) is 4.02. The van der Waals surface area contributed by atoms with Crippen molar-refractivity contribution < 1.29 is 9.59 Å². The number of nitrogens with zero attached hydrogens (tertiary/aromatic N) is 1. The van der Waals surface area contributed by atoms with Crippen LogP contribution in [-0.2, 0) is 4.79 Å². The van der Waals surface area contributed by atoms with Crippen molar-refractivity contribution in [1.82, 2.24) is 10.2 Å². The summed E-state index contributed by atoms with van der Waals surface area (Å²) in [7, 11) is 0. The van der Waals surface area contributed by atoms with Crippen LogP contribution in [0.15, 0.2) is 61.2 Å². The van der Waals surface area contributed by atoms with Gasteiger partial charge in [0.1, 0.15) is 0 Å². The van der Waals surface area contributed by atoms with Gasteiger partial charge in [-0.25, -0.2) is 0 Å². The number of nitrogens with one attached hydrogen (secondary N) is 1. The molecular weight excluding hydrogens is 324 g/mol. The molecule has 4 nitrogen and oxygen atoms in total. The molecule has 1 atom stereocenters. The van der Waals surface area contributed by atoms with Crippen molar-refractivity contribution in [2.24, 2.45) is 5.92 Å². The second-order valence-electron chi connectivity index (χ2n) is 6.90. The summed E-state index contributed by atoms with van der Waals surface area (Å²) >= 11 is 0. The maximum Gasteiger partial charge on any atom is 0.258 e. The maximum absolute atomic E-state index is 12.5. The van der Waals surface area contributed by atoms with Gasteiger partial charge in [0.2, 0.25) is 5.91 Å². The van der Waals surface area contributed by atoms with E-state index in [-0.39, 0.29) is 30.2 Å². The van der Waals surface area contributed by atoms with E-state index < -0.39 is 0 Å². The zero-order chi connectivity index (χ0) is 18.7. The number of carbonyl (C=O) groups is 2. The van der Waals surface area contributed by atoms with Crippen molar-refractivity contribution in [3.05, 3.63) is 77.9 Å². The zero-order valence-corrected chi connectivity index (χ0v) is 15.2. The van der Waals surface area contributed by atoms with Gasteiger partial charge in [-0.15, -0.1) is 0 Å². The Morgan fingerprint density at radius 3 is 2.27 bits per heavy atom.